The number of benzene rings is 1. The molecular formula is C18H29NO2. The van der Waals surface area contributed by atoms with Gasteiger partial charge in [0.1, 0.15) is 5.75 Å². The van der Waals surface area contributed by atoms with Crippen LogP contribution in [-0.2, 0) is 0 Å². The van der Waals surface area contributed by atoms with Crippen molar-refractivity contribution in [1.82, 2.24) is 4.90 Å². The highest BCUT2D eigenvalue weighted by molar-refractivity contribution is 5.28. The lowest BCUT2D eigenvalue weighted by Crippen LogP contribution is -2.33. The van der Waals surface area contributed by atoms with Crippen molar-refractivity contribution >= 4 is 0 Å². The number of rotatable bonds is 9. The van der Waals surface area contributed by atoms with Crippen LogP contribution in [-0.4, -0.2) is 35.7 Å². The van der Waals surface area contributed by atoms with Gasteiger partial charge in [-0.3, -0.25) is 4.90 Å². The summed E-state index contributed by atoms with van der Waals surface area (Å²) in [5, 5.41) is 10.5. The third-order valence-corrected chi connectivity index (χ3v) is 3.81. The van der Waals surface area contributed by atoms with Crippen LogP contribution >= 0.6 is 0 Å². The fourth-order valence-corrected chi connectivity index (χ4v) is 2.62. The Balaban J connectivity index is 1.90. The van der Waals surface area contributed by atoms with E-state index < -0.39 is 6.10 Å². The maximum atomic E-state index is 10.5. The zero-order chi connectivity index (χ0) is 15.2. The molecule has 1 aromatic carbocycles. The van der Waals surface area contributed by atoms with Gasteiger partial charge in [0, 0.05) is 19.1 Å². The highest BCUT2D eigenvalue weighted by Gasteiger charge is 2.30. The first kappa shape index (κ1) is 16.3. The molecule has 0 aromatic heterocycles. The number of nitrogens with zero attached hydrogens (tertiary/aromatic N) is 1. The van der Waals surface area contributed by atoms with Gasteiger partial charge in [0.05, 0.1) is 12.7 Å². The predicted molar refractivity (Wildman–Crippen MR) is 86.6 cm³/mol. The van der Waals surface area contributed by atoms with E-state index in [2.05, 4.69) is 25.7 Å². The second-order valence-corrected chi connectivity index (χ2v) is 6.51. The third kappa shape index (κ3) is 5.33. The Morgan fingerprint density at radius 3 is 2.38 bits per heavy atom. The number of ether oxygens (including phenoxy) is 1. The van der Waals surface area contributed by atoms with Crippen molar-refractivity contribution in [2.45, 2.75) is 52.2 Å². The molecule has 0 bridgehead atoms. The highest BCUT2D eigenvalue weighted by Crippen LogP contribution is 2.29. The average molecular weight is 291 g/mol. The Hall–Kier alpha value is -1.06. The molecule has 1 aromatic rings. The SMILES string of the molecule is CCCOc1ccc(C(O)CN(CC(C)C)C2CC2)cc1. The Labute approximate surface area is 128 Å². The summed E-state index contributed by atoms with van der Waals surface area (Å²) in [6, 6.07) is 8.57. The van der Waals surface area contributed by atoms with Crippen LogP contribution in [0.15, 0.2) is 24.3 Å². The van der Waals surface area contributed by atoms with Crippen LogP contribution in [0.25, 0.3) is 0 Å². The first-order chi connectivity index (χ1) is 10.1. The first-order valence-corrected chi connectivity index (χ1v) is 8.25. The molecule has 1 saturated carbocycles. The summed E-state index contributed by atoms with van der Waals surface area (Å²) in [4.78, 5) is 2.44. The van der Waals surface area contributed by atoms with Gasteiger partial charge in [-0.2, -0.15) is 0 Å². The average Bonchev–Trinajstić information content (AvgIpc) is 3.29. The fourth-order valence-electron chi connectivity index (χ4n) is 2.62. The summed E-state index contributed by atoms with van der Waals surface area (Å²) in [6.45, 7) is 9.12. The van der Waals surface area contributed by atoms with Crippen molar-refractivity contribution in [1.29, 1.82) is 0 Å². The molecule has 3 nitrogen and oxygen atoms in total. The molecule has 1 N–H and O–H groups in total. The van der Waals surface area contributed by atoms with E-state index in [0.717, 1.165) is 37.4 Å². The zero-order valence-corrected chi connectivity index (χ0v) is 13.6. The van der Waals surface area contributed by atoms with Crippen molar-refractivity contribution < 1.29 is 9.84 Å². The van der Waals surface area contributed by atoms with E-state index in [1.807, 2.05) is 24.3 Å². The summed E-state index contributed by atoms with van der Waals surface area (Å²) in [7, 11) is 0. The van der Waals surface area contributed by atoms with Crippen LogP contribution in [0.3, 0.4) is 0 Å². The minimum Gasteiger partial charge on any atom is -0.494 e. The summed E-state index contributed by atoms with van der Waals surface area (Å²) >= 11 is 0. The summed E-state index contributed by atoms with van der Waals surface area (Å²) in [5.74, 6) is 1.52. The summed E-state index contributed by atoms with van der Waals surface area (Å²) in [6.07, 6.45) is 3.16. The first-order valence-electron chi connectivity index (χ1n) is 8.25. The second kappa shape index (κ2) is 7.81. The molecule has 1 aliphatic rings. The zero-order valence-electron chi connectivity index (χ0n) is 13.6. The van der Waals surface area contributed by atoms with Gasteiger partial charge in [-0.05, 0) is 42.9 Å². The third-order valence-electron chi connectivity index (χ3n) is 3.81. The van der Waals surface area contributed by atoms with E-state index in [4.69, 9.17) is 4.74 Å². The van der Waals surface area contributed by atoms with Crippen LogP contribution in [0.4, 0.5) is 0 Å². The molecule has 1 atom stereocenters. The minimum atomic E-state index is -0.412. The molecule has 1 aliphatic carbocycles. The van der Waals surface area contributed by atoms with E-state index >= 15 is 0 Å². The van der Waals surface area contributed by atoms with Crippen LogP contribution in [0.5, 0.6) is 5.75 Å². The Kier molecular flexibility index (Phi) is 6.07. The molecule has 0 spiro atoms. The molecule has 21 heavy (non-hydrogen) atoms. The van der Waals surface area contributed by atoms with E-state index in [1.165, 1.54) is 12.8 Å². The van der Waals surface area contributed by atoms with E-state index in [0.29, 0.717) is 12.0 Å². The van der Waals surface area contributed by atoms with Gasteiger partial charge in [-0.25, -0.2) is 0 Å². The number of hydrogen-bond donors (Lipinski definition) is 1. The van der Waals surface area contributed by atoms with Gasteiger partial charge < -0.3 is 9.84 Å². The van der Waals surface area contributed by atoms with Crippen molar-refractivity contribution in [2.24, 2.45) is 5.92 Å². The van der Waals surface area contributed by atoms with Gasteiger partial charge >= 0.3 is 0 Å². The Morgan fingerprint density at radius 1 is 1.19 bits per heavy atom. The van der Waals surface area contributed by atoms with E-state index in [1.54, 1.807) is 0 Å². The maximum Gasteiger partial charge on any atom is 0.119 e. The molecule has 0 heterocycles. The Bertz CT molecular complexity index is 412. The number of aliphatic hydroxyl groups excluding tert-OH is 1. The molecule has 1 unspecified atom stereocenters. The lowest BCUT2D eigenvalue weighted by Gasteiger charge is -2.26. The molecule has 3 heteroatoms. The van der Waals surface area contributed by atoms with Crippen LogP contribution in [0.1, 0.15) is 51.7 Å². The van der Waals surface area contributed by atoms with E-state index in [-0.39, 0.29) is 0 Å². The summed E-state index contributed by atoms with van der Waals surface area (Å²) in [5.41, 5.74) is 0.980. The fraction of sp³-hybridized carbons (Fsp3) is 0.667. The monoisotopic (exact) mass is 291 g/mol. The number of aliphatic hydroxyl groups is 1. The lowest BCUT2D eigenvalue weighted by molar-refractivity contribution is 0.101. The van der Waals surface area contributed by atoms with Gasteiger partial charge in [0.2, 0.25) is 0 Å². The quantitative estimate of drug-likeness (QED) is 0.754. The Morgan fingerprint density at radius 2 is 1.86 bits per heavy atom. The van der Waals surface area contributed by atoms with Crippen molar-refractivity contribution in [3.05, 3.63) is 29.8 Å². The standard InChI is InChI=1S/C18H29NO2/c1-4-11-21-17-9-5-15(6-10-17)18(20)13-19(12-14(2)3)16-7-8-16/h5-6,9-10,14,16,18,20H,4,7-8,11-13H2,1-3H3. The minimum absolute atomic E-state index is 0.412. The summed E-state index contributed by atoms with van der Waals surface area (Å²) < 4.78 is 5.58. The van der Waals surface area contributed by atoms with Gasteiger partial charge in [-0.1, -0.05) is 32.9 Å². The van der Waals surface area contributed by atoms with Gasteiger partial charge in [-0.15, -0.1) is 0 Å². The molecule has 1 fully saturated rings. The highest BCUT2D eigenvalue weighted by atomic mass is 16.5. The molecule has 0 aliphatic heterocycles. The smallest absolute Gasteiger partial charge is 0.119 e. The maximum absolute atomic E-state index is 10.5. The lowest BCUT2D eigenvalue weighted by atomic mass is 10.1. The molecule has 118 valence electrons. The van der Waals surface area contributed by atoms with Crippen molar-refractivity contribution in [2.75, 3.05) is 19.7 Å². The molecular weight excluding hydrogens is 262 g/mol. The second-order valence-electron chi connectivity index (χ2n) is 6.51. The van der Waals surface area contributed by atoms with Crippen molar-refractivity contribution in [3.63, 3.8) is 0 Å². The molecule has 0 amide bonds. The van der Waals surface area contributed by atoms with Gasteiger partial charge in [0.25, 0.3) is 0 Å². The molecule has 2 rings (SSSR count). The van der Waals surface area contributed by atoms with E-state index in [9.17, 15) is 5.11 Å². The molecule has 0 radical (unpaired) electrons. The van der Waals surface area contributed by atoms with Crippen LogP contribution in [0.2, 0.25) is 0 Å². The predicted octanol–water partition coefficient (Wildman–Crippen LogP) is 3.63. The van der Waals surface area contributed by atoms with Crippen LogP contribution < -0.4 is 4.74 Å². The largest absolute Gasteiger partial charge is 0.494 e. The normalized spacial score (nSPS) is 16.5. The van der Waals surface area contributed by atoms with Crippen LogP contribution in [0, 0.1) is 5.92 Å². The topological polar surface area (TPSA) is 32.7 Å². The molecule has 0 saturated heterocycles. The number of hydrogen-bond acceptors (Lipinski definition) is 3. The van der Waals surface area contributed by atoms with Gasteiger partial charge in [0.15, 0.2) is 0 Å². The van der Waals surface area contributed by atoms with Crippen molar-refractivity contribution in [3.8, 4) is 5.75 Å².